The first kappa shape index (κ1) is 43.6. The Balaban J connectivity index is 0. The Morgan fingerprint density at radius 2 is 1.00 bits per heavy atom. The predicted octanol–water partition coefficient (Wildman–Crippen LogP) is -0.832. The van der Waals surface area contributed by atoms with Crippen LogP contribution >= 0.6 is 0 Å². The first-order chi connectivity index (χ1) is 0. The van der Waals surface area contributed by atoms with Gasteiger partial charge in [-0.3, -0.25) is 0 Å². The van der Waals surface area contributed by atoms with Crippen LogP contribution < -0.4 is 0 Å². The SMILES string of the molecule is O.[Cr].[Ni].[Ti]. The zero-order valence-corrected chi connectivity index (χ0v) is 5.55. The van der Waals surface area contributed by atoms with Gasteiger partial charge in [0.2, 0.25) is 0 Å². The molecule has 0 unspecified atom stereocenters. The van der Waals surface area contributed by atoms with Crippen molar-refractivity contribution in [3.63, 3.8) is 0 Å². The Labute approximate surface area is 60.8 Å². The first-order valence-electron chi connectivity index (χ1n) is 0. The molecule has 0 aromatic rings. The average molecular weight is 177 g/mol. The third kappa shape index (κ3) is 9.33. The minimum atomic E-state index is 0. The van der Waals surface area contributed by atoms with Crippen molar-refractivity contribution in [3.05, 3.63) is 0 Å². The quantitative estimate of drug-likeness (QED) is 0.432. The van der Waals surface area contributed by atoms with E-state index >= 15 is 0 Å². The number of hydrogen-bond donors (Lipinski definition) is 0. The van der Waals surface area contributed by atoms with Crippen LogP contribution in [0.5, 0.6) is 0 Å². The van der Waals surface area contributed by atoms with Gasteiger partial charge in [0.05, 0.1) is 0 Å². The molecule has 0 amide bonds. The van der Waals surface area contributed by atoms with Gasteiger partial charge in [0, 0.05) is 55.6 Å². The van der Waals surface area contributed by atoms with Gasteiger partial charge in [-0.1, -0.05) is 0 Å². The Hall–Kier alpha value is 1.70. The maximum atomic E-state index is 0. The summed E-state index contributed by atoms with van der Waals surface area (Å²) in [4.78, 5) is 0. The molecule has 0 saturated heterocycles. The Morgan fingerprint density at radius 3 is 1.00 bits per heavy atom. The smallest absolute Gasteiger partial charge is 0 e. The molecule has 0 aromatic heterocycles. The molecule has 0 spiro atoms. The predicted molar refractivity (Wildman–Crippen MR) is 3.61 cm³/mol. The van der Waals surface area contributed by atoms with E-state index in [0.29, 0.717) is 0 Å². The molecule has 0 bridgehead atoms. The summed E-state index contributed by atoms with van der Waals surface area (Å²) in [5, 5.41) is 0. The normalized spacial score (nSPS) is 0. The molecule has 0 aliphatic heterocycles. The molecule has 0 radical (unpaired) electrons. The van der Waals surface area contributed by atoms with Crippen molar-refractivity contribution in [1.29, 1.82) is 0 Å². The van der Waals surface area contributed by atoms with Gasteiger partial charge in [-0.15, -0.1) is 0 Å². The van der Waals surface area contributed by atoms with Crippen LogP contribution in [0.4, 0.5) is 0 Å². The zero-order valence-electron chi connectivity index (χ0n) is 1.72. The van der Waals surface area contributed by atoms with E-state index in [9.17, 15) is 0 Å². The fraction of sp³-hybridized carbons (Fsp3) is 0. The van der Waals surface area contributed by atoms with Crippen molar-refractivity contribution < 1.29 is 61.0 Å². The van der Waals surface area contributed by atoms with Crippen LogP contribution in [-0.2, 0) is 55.6 Å². The van der Waals surface area contributed by atoms with Crippen LogP contribution in [-0.4, -0.2) is 5.48 Å². The topological polar surface area (TPSA) is 31.5 Å². The summed E-state index contributed by atoms with van der Waals surface area (Å²) in [5.74, 6) is 0. The molecule has 0 aliphatic rings. The van der Waals surface area contributed by atoms with Gasteiger partial charge in [0.15, 0.2) is 0 Å². The number of hydrogen-bond acceptors (Lipinski definition) is 0. The van der Waals surface area contributed by atoms with Crippen molar-refractivity contribution in [3.8, 4) is 0 Å². The van der Waals surface area contributed by atoms with Crippen molar-refractivity contribution >= 4 is 0 Å². The molecule has 28 valence electrons. The Kier molecular flexibility index (Phi) is 242. The average Bonchev–Trinajstić information content (AvgIpc) is 0. The fourth-order valence-corrected chi connectivity index (χ4v) is 0. The molecule has 1 nitrogen and oxygen atoms in total. The monoisotopic (exact) mass is 176 g/mol. The molecule has 0 aromatic carbocycles. The van der Waals surface area contributed by atoms with Gasteiger partial charge < -0.3 is 5.48 Å². The van der Waals surface area contributed by atoms with Crippen LogP contribution in [0.1, 0.15) is 0 Å². The number of rotatable bonds is 0. The molecule has 0 aliphatic carbocycles. The molecule has 0 atom stereocenters. The van der Waals surface area contributed by atoms with Gasteiger partial charge in [-0.05, 0) is 0 Å². The summed E-state index contributed by atoms with van der Waals surface area (Å²) in [7, 11) is 0. The summed E-state index contributed by atoms with van der Waals surface area (Å²) in [6.45, 7) is 0. The van der Waals surface area contributed by atoms with Crippen molar-refractivity contribution in [2.45, 2.75) is 0 Å². The maximum Gasteiger partial charge on any atom is 0 e. The second-order valence-electron chi connectivity index (χ2n) is 0. The van der Waals surface area contributed by atoms with Gasteiger partial charge in [0.25, 0.3) is 0 Å². The van der Waals surface area contributed by atoms with Crippen molar-refractivity contribution in [2.24, 2.45) is 0 Å². The first-order valence-corrected chi connectivity index (χ1v) is 0. The fourth-order valence-electron chi connectivity index (χ4n) is 0. The third-order valence-corrected chi connectivity index (χ3v) is 0. The summed E-state index contributed by atoms with van der Waals surface area (Å²) in [5.41, 5.74) is 0. The molecule has 0 fully saturated rings. The third-order valence-electron chi connectivity index (χ3n) is 0. The zero-order chi connectivity index (χ0) is 0. The van der Waals surface area contributed by atoms with Gasteiger partial charge in [-0.25, -0.2) is 0 Å². The Bertz CT molecular complexity index is 8.00. The van der Waals surface area contributed by atoms with Gasteiger partial charge >= 0.3 is 0 Å². The van der Waals surface area contributed by atoms with Crippen LogP contribution in [0.15, 0.2) is 0 Å². The Morgan fingerprint density at radius 1 is 1.00 bits per heavy atom. The van der Waals surface area contributed by atoms with E-state index in [-0.39, 0.29) is 61.0 Å². The molecular formula is H2CrNiOTi. The largest absolute Gasteiger partial charge is 0.412 e. The van der Waals surface area contributed by atoms with E-state index in [4.69, 9.17) is 0 Å². The molecular weight excluding hydrogens is 175 g/mol. The minimum Gasteiger partial charge on any atom is -0.412 e. The second kappa shape index (κ2) is 22.3. The maximum absolute atomic E-state index is 0. The van der Waals surface area contributed by atoms with E-state index in [1.807, 2.05) is 0 Å². The summed E-state index contributed by atoms with van der Waals surface area (Å²) < 4.78 is 0. The van der Waals surface area contributed by atoms with Gasteiger partial charge in [0.1, 0.15) is 0 Å². The standard InChI is InChI=1S/Cr.Ni.H2O.Ti/h;;1H2;. The van der Waals surface area contributed by atoms with E-state index in [2.05, 4.69) is 0 Å². The van der Waals surface area contributed by atoms with E-state index in [1.165, 1.54) is 0 Å². The van der Waals surface area contributed by atoms with Crippen LogP contribution in [0.2, 0.25) is 0 Å². The molecule has 4 heavy (non-hydrogen) atoms. The van der Waals surface area contributed by atoms with E-state index in [0.717, 1.165) is 0 Å². The molecule has 0 heterocycles. The summed E-state index contributed by atoms with van der Waals surface area (Å²) in [6.07, 6.45) is 0. The van der Waals surface area contributed by atoms with E-state index in [1.54, 1.807) is 0 Å². The second-order valence-corrected chi connectivity index (χ2v) is 0. The summed E-state index contributed by atoms with van der Waals surface area (Å²) in [6, 6.07) is 0. The van der Waals surface area contributed by atoms with Crippen LogP contribution in [0.3, 0.4) is 0 Å². The molecule has 0 saturated carbocycles. The molecule has 2 N–H and O–H groups in total. The molecule has 0 rings (SSSR count). The van der Waals surface area contributed by atoms with Gasteiger partial charge in [-0.2, -0.15) is 0 Å². The van der Waals surface area contributed by atoms with Crippen molar-refractivity contribution in [2.75, 3.05) is 0 Å². The van der Waals surface area contributed by atoms with Crippen LogP contribution in [0, 0.1) is 0 Å². The van der Waals surface area contributed by atoms with Crippen LogP contribution in [0.25, 0.3) is 0 Å². The minimum absolute atomic E-state index is 0. The molecule has 4 heteroatoms. The van der Waals surface area contributed by atoms with Crippen molar-refractivity contribution in [1.82, 2.24) is 0 Å². The summed E-state index contributed by atoms with van der Waals surface area (Å²) >= 11 is 0. The van der Waals surface area contributed by atoms with E-state index < -0.39 is 0 Å².